The first kappa shape index (κ1) is 10.9. The van der Waals surface area contributed by atoms with Gasteiger partial charge in [0.25, 0.3) is 10.2 Å². The van der Waals surface area contributed by atoms with E-state index in [-0.39, 0.29) is 0 Å². The smallest absolute Gasteiger partial charge is 0.195 e. The van der Waals surface area contributed by atoms with Crippen LogP contribution in [-0.4, -0.2) is 44.2 Å². The molecule has 0 aliphatic carbocycles. The average molecular weight is 180 g/mol. The molecule has 0 aromatic heterocycles. The van der Waals surface area contributed by atoms with Crippen LogP contribution in [0.15, 0.2) is 0 Å². The molecule has 0 saturated heterocycles. The zero-order valence-electron chi connectivity index (χ0n) is 7.53. The molecule has 0 atom stereocenters. The molecule has 11 heavy (non-hydrogen) atoms. The van der Waals surface area contributed by atoms with Crippen molar-refractivity contribution in [3.8, 4) is 0 Å². The summed E-state index contributed by atoms with van der Waals surface area (Å²) in [5, 5.41) is 0. The lowest BCUT2D eigenvalue weighted by Gasteiger charge is -2.21. The van der Waals surface area contributed by atoms with E-state index in [4.69, 9.17) is 0 Å². The first-order valence-corrected chi connectivity index (χ1v) is 5.04. The number of rotatable bonds is 4. The van der Waals surface area contributed by atoms with Crippen LogP contribution in [0.25, 0.3) is 0 Å². The van der Waals surface area contributed by atoms with E-state index in [1.807, 2.05) is 0 Å². The minimum atomic E-state index is -3.17. The van der Waals surface area contributed by atoms with E-state index in [0.717, 1.165) is 0 Å². The van der Waals surface area contributed by atoms with Gasteiger partial charge in [-0.1, -0.05) is 13.8 Å². The van der Waals surface area contributed by atoms with Gasteiger partial charge >= 0.3 is 0 Å². The summed E-state index contributed by atoms with van der Waals surface area (Å²) in [5.41, 5.74) is 0. The molecule has 0 rings (SSSR count). The fraction of sp³-hybridized carbons (Fsp3) is 1.00. The quantitative estimate of drug-likeness (QED) is 0.617. The van der Waals surface area contributed by atoms with Crippen molar-refractivity contribution in [3.63, 3.8) is 0 Å². The van der Waals surface area contributed by atoms with Crippen LogP contribution in [0, 0.1) is 0 Å². The molecular weight excluding hydrogens is 164 g/mol. The molecule has 5 heteroatoms. The first-order chi connectivity index (χ1) is 4.96. The van der Waals surface area contributed by atoms with Crippen LogP contribution in [-0.2, 0) is 10.2 Å². The highest BCUT2D eigenvalue weighted by Crippen LogP contribution is 2.01. The topological polar surface area (TPSA) is 40.6 Å². The zero-order valence-corrected chi connectivity index (χ0v) is 8.35. The third-order valence-corrected chi connectivity index (χ3v) is 3.77. The SMILES string of the molecule is CCN(C)S(=O)(=O)N(C)CC. The van der Waals surface area contributed by atoms with Gasteiger partial charge < -0.3 is 0 Å². The molecule has 0 aromatic rings. The highest BCUT2D eigenvalue weighted by atomic mass is 32.2. The Morgan fingerprint density at radius 2 is 1.27 bits per heavy atom. The molecule has 0 aromatic carbocycles. The monoisotopic (exact) mass is 180 g/mol. The second-order valence-electron chi connectivity index (χ2n) is 2.34. The molecular formula is C6H16N2O2S. The van der Waals surface area contributed by atoms with Crippen molar-refractivity contribution in [1.29, 1.82) is 0 Å². The van der Waals surface area contributed by atoms with Crippen molar-refractivity contribution in [1.82, 2.24) is 8.61 Å². The summed E-state index contributed by atoms with van der Waals surface area (Å²) in [6.45, 7) is 4.63. The van der Waals surface area contributed by atoms with Gasteiger partial charge in [-0.05, 0) is 0 Å². The van der Waals surface area contributed by atoms with Crippen molar-refractivity contribution < 1.29 is 8.42 Å². The van der Waals surface area contributed by atoms with E-state index in [2.05, 4.69) is 0 Å². The van der Waals surface area contributed by atoms with Gasteiger partial charge in [0.2, 0.25) is 0 Å². The van der Waals surface area contributed by atoms with Crippen LogP contribution in [0.2, 0.25) is 0 Å². The largest absolute Gasteiger partial charge is 0.281 e. The summed E-state index contributed by atoms with van der Waals surface area (Å²) in [7, 11) is -0.0306. The maximum absolute atomic E-state index is 11.3. The second kappa shape index (κ2) is 4.04. The Morgan fingerprint density at radius 3 is 1.45 bits per heavy atom. The number of nitrogens with zero attached hydrogens (tertiary/aromatic N) is 2. The van der Waals surface area contributed by atoms with Crippen molar-refractivity contribution in [2.75, 3.05) is 27.2 Å². The van der Waals surface area contributed by atoms with E-state index in [9.17, 15) is 8.42 Å². The maximum atomic E-state index is 11.3. The van der Waals surface area contributed by atoms with Gasteiger partial charge in [-0.2, -0.15) is 17.0 Å². The Kier molecular flexibility index (Phi) is 3.99. The van der Waals surface area contributed by atoms with Crippen LogP contribution in [0.3, 0.4) is 0 Å². The zero-order chi connectivity index (χ0) is 9.07. The maximum Gasteiger partial charge on any atom is 0.281 e. The minimum absolute atomic E-state index is 0.507. The van der Waals surface area contributed by atoms with Gasteiger partial charge in [-0.3, -0.25) is 0 Å². The highest BCUT2D eigenvalue weighted by Gasteiger charge is 2.19. The molecule has 0 unspecified atom stereocenters. The van der Waals surface area contributed by atoms with Crippen LogP contribution in [0.1, 0.15) is 13.8 Å². The molecule has 0 N–H and O–H groups in total. The van der Waals surface area contributed by atoms with Crippen molar-refractivity contribution >= 4 is 10.2 Å². The predicted octanol–water partition coefficient (Wildman–Crippen LogP) is 0.135. The Bertz CT molecular complexity index is 185. The lowest BCUT2D eigenvalue weighted by Crippen LogP contribution is -2.39. The number of hydrogen-bond acceptors (Lipinski definition) is 2. The third-order valence-electron chi connectivity index (χ3n) is 1.68. The fourth-order valence-electron chi connectivity index (χ4n) is 0.564. The molecule has 0 saturated carbocycles. The summed E-state index contributed by atoms with van der Waals surface area (Å²) in [4.78, 5) is 0. The van der Waals surface area contributed by atoms with Crippen LogP contribution < -0.4 is 0 Å². The van der Waals surface area contributed by atoms with Crippen LogP contribution in [0.5, 0.6) is 0 Å². The van der Waals surface area contributed by atoms with Gasteiger partial charge in [-0.25, -0.2) is 0 Å². The van der Waals surface area contributed by atoms with Gasteiger partial charge in [-0.15, -0.1) is 0 Å². The highest BCUT2D eigenvalue weighted by molar-refractivity contribution is 7.86. The van der Waals surface area contributed by atoms with Crippen molar-refractivity contribution in [2.24, 2.45) is 0 Å². The Hall–Kier alpha value is -0.130. The summed E-state index contributed by atoms with van der Waals surface area (Å²) < 4.78 is 25.3. The van der Waals surface area contributed by atoms with Gasteiger partial charge in [0.1, 0.15) is 0 Å². The van der Waals surface area contributed by atoms with Crippen LogP contribution >= 0.6 is 0 Å². The molecule has 68 valence electrons. The summed E-state index contributed by atoms with van der Waals surface area (Å²) in [5.74, 6) is 0. The molecule has 0 fully saturated rings. The minimum Gasteiger partial charge on any atom is -0.195 e. The van der Waals surface area contributed by atoms with Gasteiger partial charge in [0.05, 0.1) is 0 Å². The van der Waals surface area contributed by atoms with Crippen molar-refractivity contribution in [3.05, 3.63) is 0 Å². The number of hydrogen-bond donors (Lipinski definition) is 0. The predicted molar refractivity (Wildman–Crippen MR) is 45.5 cm³/mol. The summed E-state index contributed by atoms with van der Waals surface area (Å²) in [6.07, 6.45) is 0. The molecule has 0 radical (unpaired) electrons. The Morgan fingerprint density at radius 1 is 1.00 bits per heavy atom. The van der Waals surface area contributed by atoms with E-state index < -0.39 is 10.2 Å². The third kappa shape index (κ3) is 2.43. The molecule has 0 aliphatic rings. The normalized spacial score (nSPS) is 12.9. The molecule has 0 spiro atoms. The molecule has 0 amide bonds. The Labute approximate surface area is 69.0 Å². The van der Waals surface area contributed by atoms with Gasteiger partial charge in [0.15, 0.2) is 0 Å². The van der Waals surface area contributed by atoms with Crippen LogP contribution in [0.4, 0.5) is 0 Å². The molecule has 0 bridgehead atoms. The first-order valence-electron chi connectivity index (χ1n) is 3.64. The van der Waals surface area contributed by atoms with E-state index in [0.29, 0.717) is 13.1 Å². The van der Waals surface area contributed by atoms with E-state index >= 15 is 0 Å². The lowest BCUT2D eigenvalue weighted by molar-refractivity contribution is 0.409. The Balaban J connectivity index is 4.46. The summed E-state index contributed by atoms with van der Waals surface area (Å²) in [6, 6.07) is 0. The lowest BCUT2D eigenvalue weighted by atomic mass is 10.8. The summed E-state index contributed by atoms with van der Waals surface area (Å²) >= 11 is 0. The fourth-order valence-corrected chi connectivity index (χ4v) is 1.69. The standard InChI is InChI=1S/C6H16N2O2S/c1-5-7(3)11(9,10)8(4)6-2/h5-6H2,1-4H3. The van der Waals surface area contributed by atoms with E-state index in [1.165, 1.54) is 8.61 Å². The second-order valence-corrected chi connectivity index (χ2v) is 4.48. The molecule has 4 nitrogen and oxygen atoms in total. The van der Waals surface area contributed by atoms with E-state index in [1.54, 1.807) is 27.9 Å². The average Bonchev–Trinajstić information content (AvgIpc) is 2.01. The molecule has 0 aliphatic heterocycles. The van der Waals surface area contributed by atoms with Gasteiger partial charge in [0, 0.05) is 27.2 Å². The van der Waals surface area contributed by atoms with Crippen molar-refractivity contribution in [2.45, 2.75) is 13.8 Å². The molecule has 0 heterocycles.